The number of ketones is 1. The van der Waals surface area contributed by atoms with E-state index in [1.165, 1.54) is 6.92 Å². The maximum absolute atomic E-state index is 12.2. The second kappa shape index (κ2) is 4.88. The number of ether oxygens (including phenoxy) is 1. The van der Waals surface area contributed by atoms with Crippen molar-refractivity contribution in [1.29, 1.82) is 0 Å². The summed E-state index contributed by atoms with van der Waals surface area (Å²) in [7, 11) is 0. The SMILES string of the molecule is CC(=O)OC(C)(C)C(=O)c1ccc(C)cc1Cl. The molecule has 0 aromatic heterocycles. The number of benzene rings is 1. The molecule has 1 aromatic carbocycles. The molecular weight excluding hydrogens is 240 g/mol. The quantitative estimate of drug-likeness (QED) is 0.615. The molecule has 17 heavy (non-hydrogen) atoms. The van der Waals surface area contributed by atoms with E-state index in [-0.39, 0.29) is 5.78 Å². The lowest BCUT2D eigenvalue weighted by molar-refractivity contribution is -0.149. The predicted octanol–water partition coefficient (Wildman–Crippen LogP) is 3.17. The molecule has 0 fully saturated rings. The van der Waals surface area contributed by atoms with Crippen LogP contribution >= 0.6 is 11.6 Å². The Morgan fingerprint density at radius 3 is 2.35 bits per heavy atom. The normalized spacial score (nSPS) is 11.1. The fraction of sp³-hybridized carbons (Fsp3) is 0.385. The van der Waals surface area contributed by atoms with E-state index >= 15 is 0 Å². The highest BCUT2D eigenvalue weighted by atomic mass is 35.5. The van der Waals surface area contributed by atoms with Gasteiger partial charge in [-0.3, -0.25) is 9.59 Å². The minimum absolute atomic E-state index is 0.308. The van der Waals surface area contributed by atoms with Crippen LogP contribution in [0.25, 0.3) is 0 Å². The molecule has 0 aliphatic rings. The van der Waals surface area contributed by atoms with Crippen LogP contribution < -0.4 is 0 Å². The molecule has 0 saturated carbocycles. The number of halogens is 1. The Kier molecular flexibility index (Phi) is 3.94. The molecule has 0 aliphatic heterocycles. The van der Waals surface area contributed by atoms with E-state index < -0.39 is 11.6 Å². The van der Waals surface area contributed by atoms with Crippen molar-refractivity contribution in [2.24, 2.45) is 0 Å². The van der Waals surface area contributed by atoms with Crippen LogP contribution in [0.1, 0.15) is 36.7 Å². The topological polar surface area (TPSA) is 43.4 Å². The summed E-state index contributed by atoms with van der Waals surface area (Å²) in [5, 5.41) is 0.371. The highest BCUT2D eigenvalue weighted by Crippen LogP contribution is 2.24. The average molecular weight is 255 g/mol. The van der Waals surface area contributed by atoms with Gasteiger partial charge in [-0.1, -0.05) is 17.7 Å². The van der Waals surface area contributed by atoms with E-state index in [9.17, 15) is 9.59 Å². The van der Waals surface area contributed by atoms with E-state index in [0.29, 0.717) is 10.6 Å². The van der Waals surface area contributed by atoms with Crippen LogP contribution in [0.15, 0.2) is 18.2 Å². The first-order chi connectivity index (χ1) is 7.74. The van der Waals surface area contributed by atoms with Crippen LogP contribution in [0.4, 0.5) is 0 Å². The van der Waals surface area contributed by atoms with Gasteiger partial charge in [-0.25, -0.2) is 0 Å². The zero-order chi connectivity index (χ0) is 13.2. The average Bonchev–Trinajstić information content (AvgIpc) is 2.14. The molecule has 0 amide bonds. The standard InChI is InChI=1S/C13H15ClO3/c1-8-5-6-10(11(14)7-8)12(16)13(3,4)17-9(2)15/h5-7H,1-4H3. The maximum Gasteiger partial charge on any atom is 0.303 e. The molecule has 4 heteroatoms. The van der Waals surface area contributed by atoms with Crippen LogP contribution in [-0.4, -0.2) is 17.4 Å². The molecule has 0 aliphatic carbocycles. The number of rotatable bonds is 3. The second-order valence-corrected chi connectivity index (χ2v) is 4.82. The molecule has 0 N–H and O–H groups in total. The molecule has 0 bridgehead atoms. The van der Waals surface area contributed by atoms with Gasteiger partial charge in [-0.05, 0) is 38.5 Å². The Morgan fingerprint density at radius 1 is 1.29 bits per heavy atom. The summed E-state index contributed by atoms with van der Waals surface area (Å²) >= 11 is 6.01. The van der Waals surface area contributed by atoms with E-state index in [1.54, 1.807) is 32.0 Å². The van der Waals surface area contributed by atoms with Crippen molar-refractivity contribution in [2.75, 3.05) is 0 Å². The number of esters is 1. The van der Waals surface area contributed by atoms with Gasteiger partial charge in [-0.2, -0.15) is 0 Å². The van der Waals surface area contributed by atoms with Gasteiger partial charge in [0.2, 0.25) is 5.78 Å². The smallest absolute Gasteiger partial charge is 0.303 e. The first kappa shape index (κ1) is 13.7. The van der Waals surface area contributed by atoms with Gasteiger partial charge < -0.3 is 4.74 Å². The van der Waals surface area contributed by atoms with Crippen molar-refractivity contribution in [3.05, 3.63) is 34.3 Å². The fourth-order valence-electron chi connectivity index (χ4n) is 1.53. The predicted molar refractivity (Wildman–Crippen MR) is 66.4 cm³/mol. The van der Waals surface area contributed by atoms with E-state index in [0.717, 1.165) is 5.56 Å². The number of carbonyl (C=O) groups is 2. The molecule has 92 valence electrons. The van der Waals surface area contributed by atoms with Gasteiger partial charge in [0.1, 0.15) is 0 Å². The van der Waals surface area contributed by atoms with Crippen LogP contribution in [0.2, 0.25) is 5.02 Å². The largest absolute Gasteiger partial charge is 0.451 e. The lowest BCUT2D eigenvalue weighted by Gasteiger charge is -2.23. The molecule has 1 aromatic rings. The highest BCUT2D eigenvalue weighted by Gasteiger charge is 2.33. The van der Waals surface area contributed by atoms with Crippen molar-refractivity contribution in [3.8, 4) is 0 Å². The van der Waals surface area contributed by atoms with Crippen LogP contribution in [0.5, 0.6) is 0 Å². The molecule has 0 heterocycles. The van der Waals surface area contributed by atoms with Crippen LogP contribution in [0, 0.1) is 6.92 Å². The summed E-state index contributed by atoms with van der Waals surface area (Å²) in [6, 6.07) is 5.15. The number of hydrogen-bond donors (Lipinski definition) is 0. The van der Waals surface area contributed by atoms with Gasteiger partial charge in [0, 0.05) is 12.5 Å². The molecular formula is C13H15ClO3. The summed E-state index contributed by atoms with van der Waals surface area (Å²) < 4.78 is 4.99. The van der Waals surface area contributed by atoms with Crippen LogP contribution in [-0.2, 0) is 9.53 Å². The van der Waals surface area contributed by atoms with Crippen LogP contribution in [0.3, 0.4) is 0 Å². The van der Waals surface area contributed by atoms with E-state index in [2.05, 4.69) is 0 Å². The summed E-state index contributed by atoms with van der Waals surface area (Å²) in [6.45, 7) is 6.25. The fourth-order valence-corrected chi connectivity index (χ4v) is 1.86. The van der Waals surface area contributed by atoms with Gasteiger partial charge >= 0.3 is 5.97 Å². The molecule has 0 unspecified atom stereocenters. The van der Waals surface area contributed by atoms with Crippen molar-refractivity contribution in [2.45, 2.75) is 33.3 Å². The third-order valence-corrected chi connectivity index (χ3v) is 2.63. The Balaban J connectivity index is 3.07. The molecule has 0 saturated heterocycles. The number of Topliss-reactive ketones (excluding diaryl/α,β-unsaturated/α-hetero) is 1. The van der Waals surface area contributed by atoms with E-state index in [4.69, 9.17) is 16.3 Å². The second-order valence-electron chi connectivity index (χ2n) is 4.42. The minimum atomic E-state index is -1.20. The summed E-state index contributed by atoms with van der Waals surface area (Å²) in [4.78, 5) is 23.1. The monoisotopic (exact) mass is 254 g/mol. The molecule has 1 rings (SSSR count). The van der Waals surface area contributed by atoms with Gasteiger partial charge in [0.15, 0.2) is 5.60 Å². The van der Waals surface area contributed by atoms with Crippen molar-refractivity contribution in [3.63, 3.8) is 0 Å². The third kappa shape index (κ3) is 3.30. The zero-order valence-corrected chi connectivity index (χ0v) is 11.1. The first-order valence-electron chi connectivity index (χ1n) is 5.24. The summed E-state index contributed by atoms with van der Waals surface area (Å²) in [6.07, 6.45) is 0. The van der Waals surface area contributed by atoms with Crippen molar-refractivity contribution >= 4 is 23.4 Å². The molecule has 0 spiro atoms. The van der Waals surface area contributed by atoms with E-state index in [1.807, 2.05) is 6.92 Å². The Morgan fingerprint density at radius 2 is 1.88 bits per heavy atom. The molecule has 3 nitrogen and oxygen atoms in total. The minimum Gasteiger partial charge on any atom is -0.451 e. The Hall–Kier alpha value is -1.35. The van der Waals surface area contributed by atoms with Gasteiger partial charge in [0.25, 0.3) is 0 Å². The van der Waals surface area contributed by atoms with Gasteiger partial charge in [0.05, 0.1) is 5.02 Å². The third-order valence-electron chi connectivity index (χ3n) is 2.31. The molecule has 0 atom stereocenters. The lowest BCUT2D eigenvalue weighted by Crippen LogP contribution is -2.36. The molecule has 0 radical (unpaired) electrons. The first-order valence-corrected chi connectivity index (χ1v) is 5.62. The Labute approximate surface area is 106 Å². The lowest BCUT2D eigenvalue weighted by atomic mass is 9.96. The highest BCUT2D eigenvalue weighted by molar-refractivity contribution is 6.34. The van der Waals surface area contributed by atoms with Crippen molar-refractivity contribution in [1.82, 2.24) is 0 Å². The number of carbonyl (C=O) groups excluding carboxylic acids is 2. The number of hydrogen-bond acceptors (Lipinski definition) is 3. The summed E-state index contributed by atoms with van der Waals surface area (Å²) in [5.74, 6) is -0.802. The zero-order valence-electron chi connectivity index (χ0n) is 10.3. The maximum atomic E-state index is 12.2. The number of aryl methyl sites for hydroxylation is 1. The van der Waals surface area contributed by atoms with Gasteiger partial charge in [-0.15, -0.1) is 0 Å². The Bertz CT molecular complexity index is 464. The van der Waals surface area contributed by atoms with Crippen molar-refractivity contribution < 1.29 is 14.3 Å². The summed E-state index contributed by atoms with van der Waals surface area (Å²) in [5.41, 5.74) is 0.130.